The van der Waals surface area contributed by atoms with Crippen LogP contribution in [0.3, 0.4) is 0 Å². The molecule has 0 spiro atoms. The summed E-state index contributed by atoms with van der Waals surface area (Å²) in [6.45, 7) is 5.87. The van der Waals surface area contributed by atoms with Gasteiger partial charge in [-0.15, -0.1) is 0 Å². The van der Waals surface area contributed by atoms with Crippen molar-refractivity contribution in [1.82, 2.24) is 0 Å². The van der Waals surface area contributed by atoms with E-state index in [0.29, 0.717) is 11.3 Å². The van der Waals surface area contributed by atoms with Gasteiger partial charge >= 0.3 is 0 Å². The molecule has 1 heterocycles. The van der Waals surface area contributed by atoms with Crippen LogP contribution in [0.2, 0.25) is 0 Å². The van der Waals surface area contributed by atoms with Gasteiger partial charge < -0.3 is 10.2 Å². The molecule has 7 heteroatoms. The number of hydrogen-bond donors (Lipinski definition) is 1. The second-order valence-corrected chi connectivity index (χ2v) is 7.52. The summed E-state index contributed by atoms with van der Waals surface area (Å²) in [4.78, 5) is 29.8. The highest BCUT2D eigenvalue weighted by atomic mass is 19.1. The molecular formula is C26H23F2N3O2. The molecule has 1 aliphatic heterocycles. The Morgan fingerprint density at radius 1 is 0.758 bits per heavy atom. The molecule has 0 atom stereocenters. The van der Waals surface area contributed by atoms with Gasteiger partial charge in [0.2, 0.25) is 0 Å². The van der Waals surface area contributed by atoms with Crippen molar-refractivity contribution in [2.24, 2.45) is 0 Å². The molecule has 0 fully saturated rings. The van der Waals surface area contributed by atoms with Gasteiger partial charge in [0.1, 0.15) is 17.3 Å². The molecule has 5 nitrogen and oxygen atoms in total. The molecule has 1 N–H and O–H groups in total. The molecule has 2 amide bonds. The Balaban J connectivity index is 1.73. The maximum Gasteiger partial charge on any atom is 0.282 e. The van der Waals surface area contributed by atoms with E-state index in [1.54, 1.807) is 0 Å². The van der Waals surface area contributed by atoms with E-state index in [0.717, 1.165) is 23.7 Å². The van der Waals surface area contributed by atoms with Crippen LogP contribution in [0.1, 0.15) is 19.4 Å². The Morgan fingerprint density at radius 2 is 1.30 bits per heavy atom. The molecule has 3 aromatic carbocycles. The molecule has 4 rings (SSSR count). The van der Waals surface area contributed by atoms with Gasteiger partial charge in [0.05, 0.1) is 11.3 Å². The van der Waals surface area contributed by atoms with Crippen molar-refractivity contribution >= 4 is 34.4 Å². The van der Waals surface area contributed by atoms with E-state index in [-0.39, 0.29) is 17.0 Å². The number of carbonyl (C=O) groups excluding carboxylic acids is 2. The van der Waals surface area contributed by atoms with E-state index in [1.165, 1.54) is 48.5 Å². The van der Waals surface area contributed by atoms with E-state index in [1.807, 2.05) is 24.3 Å². The zero-order valence-corrected chi connectivity index (χ0v) is 18.3. The average molecular weight is 447 g/mol. The van der Waals surface area contributed by atoms with Gasteiger partial charge in [-0.1, -0.05) is 12.1 Å². The molecule has 0 saturated heterocycles. The van der Waals surface area contributed by atoms with Crippen LogP contribution in [0.5, 0.6) is 0 Å². The summed E-state index contributed by atoms with van der Waals surface area (Å²) < 4.78 is 26.9. The highest BCUT2D eigenvalue weighted by Crippen LogP contribution is 2.34. The Kier molecular flexibility index (Phi) is 6.22. The number of halogens is 2. The fraction of sp³-hybridized carbons (Fsp3) is 0.154. The second kappa shape index (κ2) is 9.24. The Hall–Kier alpha value is -4.00. The Bertz CT molecular complexity index is 1200. The van der Waals surface area contributed by atoms with Crippen LogP contribution < -0.4 is 15.1 Å². The van der Waals surface area contributed by atoms with Crippen molar-refractivity contribution in [3.8, 4) is 0 Å². The summed E-state index contributed by atoms with van der Waals surface area (Å²) in [7, 11) is 0. The highest BCUT2D eigenvalue weighted by Gasteiger charge is 2.40. The van der Waals surface area contributed by atoms with E-state index < -0.39 is 23.4 Å². The smallest absolute Gasteiger partial charge is 0.282 e. The lowest BCUT2D eigenvalue weighted by atomic mass is 10.0. The van der Waals surface area contributed by atoms with E-state index >= 15 is 0 Å². The summed E-state index contributed by atoms with van der Waals surface area (Å²) in [5.74, 6) is -2.07. The highest BCUT2D eigenvalue weighted by molar-refractivity contribution is 6.46. The van der Waals surface area contributed by atoms with Crippen molar-refractivity contribution in [3.63, 3.8) is 0 Å². The lowest BCUT2D eigenvalue weighted by Crippen LogP contribution is -2.32. The summed E-state index contributed by atoms with van der Waals surface area (Å²) >= 11 is 0. The first-order valence-electron chi connectivity index (χ1n) is 10.7. The zero-order chi connectivity index (χ0) is 23.5. The third kappa shape index (κ3) is 4.35. The fourth-order valence-electron chi connectivity index (χ4n) is 3.84. The van der Waals surface area contributed by atoms with Crippen molar-refractivity contribution in [2.45, 2.75) is 13.8 Å². The van der Waals surface area contributed by atoms with Crippen LogP contribution >= 0.6 is 0 Å². The first-order valence-corrected chi connectivity index (χ1v) is 10.7. The number of rotatable bonds is 7. The van der Waals surface area contributed by atoms with Gasteiger partial charge in [-0.05, 0) is 80.1 Å². The maximum atomic E-state index is 13.5. The lowest BCUT2D eigenvalue weighted by molar-refractivity contribution is -0.120. The molecular weight excluding hydrogens is 424 g/mol. The number of amides is 2. The number of hydrogen-bond acceptors (Lipinski definition) is 4. The fourth-order valence-corrected chi connectivity index (χ4v) is 3.84. The monoisotopic (exact) mass is 447 g/mol. The van der Waals surface area contributed by atoms with Crippen LogP contribution in [0.25, 0.3) is 5.57 Å². The molecule has 168 valence electrons. The number of nitrogens with zero attached hydrogens (tertiary/aromatic N) is 2. The van der Waals surface area contributed by atoms with E-state index in [2.05, 4.69) is 24.1 Å². The first-order chi connectivity index (χ1) is 15.9. The number of benzene rings is 3. The normalized spacial score (nSPS) is 13.6. The number of anilines is 3. The topological polar surface area (TPSA) is 52.7 Å². The minimum Gasteiger partial charge on any atom is -0.372 e. The Morgan fingerprint density at radius 3 is 1.85 bits per heavy atom. The third-order valence-electron chi connectivity index (χ3n) is 5.57. The summed E-state index contributed by atoms with van der Waals surface area (Å²) in [5.41, 5.74) is 2.52. The quantitative estimate of drug-likeness (QED) is 0.506. The number of nitrogens with one attached hydrogen (secondary N) is 1. The molecule has 1 aliphatic rings. The van der Waals surface area contributed by atoms with E-state index in [9.17, 15) is 18.4 Å². The Labute approximate surface area is 190 Å². The van der Waals surface area contributed by atoms with Crippen LogP contribution in [0.15, 0.2) is 78.5 Å². The molecule has 33 heavy (non-hydrogen) atoms. The molecule has 0 aromatic heterocycles. The van der Waals surface area contributed by atoms with Crippen molar-refractivity contribution in [3.05, 3.63) is 95.7 Å². The van der Waals surface area contributed by atoms with Gasteiger partial charge in [0, 0.05) is 24.5 Å². The number of carbonyl (C=O) groups is 2. The predicted molar refractivity (Wildman–Crippen MR) is 126 cm³/mol. The molecule has 0 radical (unpaired) electrons. The van der Waals surface area contributed by atoms with Crippen LogP contribution in [-0.4, -0.2) is 24.9 Å². The van der Waals surface area contributed by atoms with Crippen molar-refractivity contribution in [2.75, 3.05) is 28.2 Å². The average Bonchev–Trinajstić information content (AvgIpc) is 3.06. The maximum absolute atomic E-state index is 13.5. The van der Waals surface area contributed by atoms with Gasteiger partial charge in [0.25, 0.3) is 11.8 Å². The van der Waals surface area contributed by atoms with Gasteiger partial charge in [0.15, 0.2) is 0 Å². The second-order valence-electron chi connectivity index (χ2n) is 7.52. The third-order valence-corrected chi connectivity index (χ3v) is 5.57. The van der Waals surface area contributed by atoms with Gasteiger partial charge in [-0.3, -0.25) is 9.59 Å². The standard InChI is InChI=1S/C26H23F2N3O2/c1-3-30(4-2)21-15-11-20(12-16-21)29-24-23(17-5-7-18(27)8-6-17)25(32)31(26(24)33)22-13-9-19(28)10-14-22/h5-16,29H,3-4H2,1-2H3. The van der Waals surface area contributed by atoms with Crippen molar-refractivity contribution in [1.29, 1.82) is 0 Å². The molecule has 0 bridgehead atoms. The van der Waals surface area contributed by atoms with Gasteiger partial charge in [-0.2, -0.15) is 0 Å². The van der Waals surface area contributed by atoms with Crippen LogP contribution in [0, 0.1) is 11.6 Å². The zero-order valence-electron chi connectivity index (χ0n) is 18.3. The summed E-state index contributed by atoms with van der Waals surface area (Å²) in [6.07, 6.45) is 0. The minimum absolute atomic E-state index is 0.0755. The molecule has 0 aliphatic carbocycles. The lowest BCUT2D eigenvalue weighted by Gasteiger charge is -2.21. The number of imide groups is 1. The molecule has 0 saturated carbocycles. The predicted octanol–water partition coefficient (Wildman–Crippen LogP) is 5.21. The largest absolute Gasteiger partial charge is 0.372 e. The van der Waals surface area contributed by atoms with Gasteiger partial charge in [-0.25, -0.2) is 13.7 Å². The minimum atomic E-state index is -0.571. The van der Waals surface area contributed by atoms with Crippen molar-refractivity contribution < 1.29 is 18.4 Å². The first kappa shape index (κ1) is 22.2. The summed E-state index contributed by atoms with van der Waals surface area (Å²) in [5, 5.41) is 3.08. The molecule has 0 unspecified atom stereocenters. The SMILES string of the molecule is CCN(CC)c1ccc(NC2=C(c3ccc(F)cc3)C(=O)N(c3ccc(F)cc3)C2=O)cc1. The molecule has 3 aromatic rings. The van der Waals surface area contributed by atoms with Crippen LogP contribution in [-0.2, 0) is 9.59 Å². The van der Waals surface area contributed by atoms with E-state index in [4.69, 9.17) is 0 Å². The summed E-state index contributed by atoms with van der Waals surface area (Å²) in [6, 6.07) is 18.0. The van der Waals surface area contributed by atoms with Crippen LogP contribution in [0.4, 0.5) is 25.8 Å².